The lowest BCUT2D eigenvalue weighted by atomic mass is 10.1. The average Bonchev–Trinajstić information content (AvgIpc) is 2.92. The number of guanidine groups is 1. The lowest BCUT2D eigenvalue weighted by Crippen LogP contribution is -2.43. The number of nitrogens with one attached hydrogen (secondary N) is 2. The van der Waals surface area contributed by atoms with Crippen molar-refractivity contribution in [1.29, 1.82) is 0 Å². The van der Waals surface area contributed by atoms with Crippen molar-refractivity contribution in [2.24, 2.45) is 4.99 Å². The maximum absolute atomic E-state index is 12.3. The van der Waals surface area contributed by atoms with E-state index in [9.17, 15) is 9.59 Å². The van der Waals surface area contributed by atoms with Gasteiger partial charge in [-0.3, -0.25) is 24.5 Å². The molecule has 2 heterocycles. The van der Waals surface area contributed by atoms with Crippen LogP contribution in [0.25, 0.3) is 0 Å². The number of imide groups is 1. The van der Waals surface area contributed by atoms with Gasteiger partial charge in [-0.15, -0.1) is 0 Å². The monoisotopic (exact) mass is 351 g/mol. The van der Waals surface area contributed by atoms with Crippen LogP contribution in [0.15, 0.2) is 53.7 Å². The largest absolute Gasteiger partial charge is 0.356 e. The van der Waals surface area contributed by atoms with Gasteiger partial charge < -0.3 is 10.6 Å². The van der Waals surface area contributed by atoms with Crippen molar-refractivity contribution in [1.82, 2.24) is 20.5 Å². The van der Waals surface area contributed by atoms with Gasteiger partial charge in [0.2, 0.25) is 0 Å². The lowest BCUT2D eigenvalue weighted by molar-refractivity contribution is 0.0657. The van der Waals surface area contributed by atoms with Crippen LogP contribution >= 0.6 is 0 Å². The molecule has 0 fully saturated rings. The van der Waals surface area contributed by atoms with Crippen LogP contribution in [-0.4, -0.2) is 54.3 Å². The van der Waals surface area contributed by atoms with E-state index in [0.29, 0.717) is 30.2 Å². The highest BCUT2D eigenvalue weighted by Crippen LogP contribution is 2.21. The van der Waals surface area contributed by atoms with Gasteiger partial charge in [-0.05, 0) is 24.3 Å². The zero-order chi connectivity index (χ0) is 18.4. The van der Waals surface area contributed by atoms with Crippen LogP contribution < -0.4 is 10.6 Å². The van der Waals surface area contributed by atoms with Gasteiger partial charge in [0, 0.05) is 45.0 Å². The second-order valence-corrected chi connectivity index (χ2v) is 5.80. The van der Waals surface area contributed by atoms with E-state index in [2.05, 4.69) is 20.6 Å². The summed E-state index contributed by atoms with van der Waals surface area (Å²) in [6.45, 7) is 1.39. The third kappa shape index (κ3) is 3.88. The predicted octanol–water partition coefficient (Wildman–Crippen LogP) is 1.09. The Bertz CT molecular complexity index is 785. The first-order valence-corrected chi connectivity index (χ1v) is 8.50. The maximum Gasteiger partial charge on any atom is 0.261 e. The molecule has 0 radical (unpaired) electrons. The van der Waals surface area contributed by atoms with E-state index in [0.717, 1.165) is 12.1 Å². The van der Waals surface area contributed by atoms with Crippen molar-refractivity contribution in [3.05, 3.63) is 65.5 Å². The number of amides is 2. The minimum Gasteiger partial charge on any atom is -0.356 e. The highest BCUT2D eigenvalue weighted by atomic mass is 16.2. The highest BCUT2D eigenvalue weighted by Gasteiger charge is 2.34. The summed E-state index contributed by atoms with van der Waals surface area (Å²) in [4.78, 5) is 34.3. The zero-order valence-electron chi connectivity index (χ0n) is 14.6. The molecule has 2 aromatic rings. The van der Waals surface area contributed by atoms with Crippen LogP contribution in [0.5, 0.6) is 0 Å². The average molecular weight is 351 g/mol. The Morgan fingerprint density at radius 1 is 1.00 bits per heavy atom. The Kier molecular flexibility index (Phi) is 5.58. The number of carbonyl (C=O) groups excluding carboxylic acids is 2. The SMILES string of the molecule is CN=C(NCCc1ccccn1)NCCN1C(=O)c2ccccc2C1=O. The van der Waals surface area contributed by atoms with Crippen molar-refractivity contribution in [2.45, 2.75) is 6.42 Å². The summed E-state index contributed by atoms with van der Waals surface area (Å²) in [6.07, 6.45) is 2.55. The number of fused-ring (bicyclic) bond motifs is 1. The summed E-state index contributed by atoms with van der Waals surface area (Å²) < 4.78 is 0. The van der Waals surface area contributed by atoms with Crippen molar-refractivity contribution in [3.8, 4) is 0 Å². The van der Waals surface area contributed by atoms with Gasteiger partial charge in [0.1, 0.15) is 0 Å². The number of carbonyl (C=O) groups is 2. The minimum atomic E-state index is -0.245. The van der Waals surface area contributed by atoms with Crippen LogP contribution in [0.3, 0.4) is 0 Å². The van der Waals surface area contributed by atoms with E-state index < -0.39 is 0 Å². The van der Waals surface area contributed by atoms with E-state index in [1.807, 2.05) is 18.2 Å². The number of hydrogen-bond acceptors (Lipinski definition) is 4. The van der Waals surface area contributed by atoms with Gasteiger partial charge in [0.15, 0.2) is 5.96 Å². The number of rotatable bonds is 6. The molecule has 0 saturated carbocycles. The maximum atomic E-state index is 12.3. The van der Waals surface area contributed by atoms with Crippen molar-refractivity contribution >= 4 is 17.8 Å². The molecule has 1 aromatic heterocycles. The van der Waals surface area contributed by atoms with Gasteiger partial charge in [0.25, 0.3) is 11.8 Å². The van der Waals surface area contributed by atoms with E-state index in [-0.39, 0.29) is 18.4 Å². The second-order valence-electron chi connectivity index (χ2n) is 5.80. The van der Waals surface area contributed by atoms with E-state index in [4.69, 9.17) is 0 Å². The molecule has 2 N–H and O–H groups in total. The third-order valence-corrected chi connectivity index (χ3v) is 4.13. The summed E-state index contributed by atoms with van der Waals surface area (Å²) in [7, 11) is 1.68. The van der Waals surface area contributed by atoms with Crippen molar-refractivity contribution in [3.63, 3.8) is 0 Å². The lowest BCUT2D eigenvalue weighted by Gasteiger charge is -2.16. The number of nitrogens with zero attached hydrogens (tertiary/aromatic N) is 3. The van der Waals surface area contributed by atoms with Gasteiger partial charge in [-0.1, -0.05) is 18.2 Å². The number of pyridine rings is 1. The summed E-state index contributed by atoms with van der Waals surface area (Å²) in [5.41, 5.74) is 1.94. The Morgan fingerprint density at radius 2 is 1.65 bits per heavy atom. The second kappa shape index (κ2) is 8.24. The van der Waals surface area contributed by atoms with Crippen LogP contribution in [-0.2, 0) is 6.42 Å². The molecule has 7 heteroatoms. The van der Waals surface area contributed by atoms with Crippen LogP contribution in [0.2, 0.25) is 0 Å². The summed E-state index contributed by atoms with van der Waals surface area (Å²) in [6, 6.07) is 12.7. The molecule has 0 saturated heterocycles. The van der Waals surface area contributed by atoms with Gasteiger partial charge in [-0.25, -0.2) is 0 Å². The molecular weight excluding hydrogens is 330 g/mol. The molecule has 7 nitrogen and oxygen atoms in total. The van der Waals surface area contributed by atoms with Gasteiger partial charge >= 0.3 is 0 Å². The number of hydrogen-bond donors (Lipinski definition) is 2. The topological polar surface area (TPSA) is 86.7 Å². The first-order valence-electron chi connectivity index (χ1n) is 8.50. The molecule has 0 unspecified atom stereocenters. The molecule has 134 valence electrons. The van der Waals surface area contributed by atoms with E-state index >= 15 is 0 Å². The molecule has 1 aromatic carbocycles. The highest BCUT2D eigenvalue weighted by molar-refractivity contribution is 6.21. The molecule has 3 rings (SSSR count). The molecule has 26 heavy (non-hydrogen) atoms. The molecule has 1 aliphatic heterocycles. The normalized spacial score (nSPS) is 13.7. The molecule has 0 spiro atoms. The van der Waals surface area contributed by atoms with Gasteiger partial charge in [0.05, 0.1) is 11.1 Å². The fourth-order valence-electron chi connectivity index (χ4n) is 2.80. The van der Waals surface area contributed by atoms with Crippen LogP contribution in [0.4, 0.5) is 0 Å². The molecule has 2 amide bonds. The predicted molar refractivity (Wildman–Crippen MR) is 99.1 cm³/mol. The van der Waals surface area contributed by atoms with Crippen LogP contribution in [0.1, 0.15) is 26.4 Å². The third-order valence-electron chi connectivity index (χ3n) is 4.13. The molecule has 1 aliphatic rings. The molecule has 0 atom stereocenters. The van der Waals surface area contributed by atoms with E-state index in [1.54, 1.807) is 37.5 Å². The molecule has 0 aliphatic carbocycles. The first kappa shape index (κ1) is 17.6. The Hall–Kier alpha value is -3.22. The Morgan fingerprint density at radius 3 is 2.27 bits per heavy atom. The summed E-state index contributed by atoms with van der Waals surface area (Å²) >= 11 is 0. The summed E-state index contributed by atoms with van der Waals surface area (Å²) in [5.74, 6) is 0.133. The standard InChI is InChI=1S/C19H21N5O2/c1-20-19(22-11-9-14-6-4-5-10-21-14)23-12-13-24-17(25)15-7-2-3-8-16(15)18(24)26/h2-8,10H,9,11-13H2,1H3,(H2,20,22,23). The zero-order valence-corrected chi connectivity index (χ0v) is 14.6. The first-order chi connectivity index (χ1) is 12.7. The van der Waals surface area contributed by atoms with Crippen molar-refractivity contribution < 1.29 is 9.59 Å². The number of aliphatic imine (C=N–C) groups is 1. The smallest absolute Gasteiger partial charge is 0.261 e. The van der Waals surface area contributed by atoms with Crippen LogP contribution in [0, 0.1) is 0 Å². The molecular formula is C19H21N5O2. The van der Waals surface area contributed by atoms with Gasteiger partial charge in [-0.2, -0.15) is 0 Å². The number of benzene rings is 1. The van der Waals surface area contributed by atoms with Crippen molar-refractivity contribution in [2.75, 3.05) is 26.7 Å². The fraction of sp³-hybridized carbons (Fsp3) is 0.263. The fourth-order valence-corrected chi connectivity index (χ4v) is 2.80. The Labute approximate surface area is 152 Å². The van der Waals surface area contributed by atoms with E-state index in [1.165, 1.54) is 4.90 Å². The minimum absolute atomic E-state index is 0.245. The summed E-state index contributed by atoms with van der Waals surface area (Å²) in [5, 5.41) is 6.32. The Balaban J connectivity index is 1.45. The quantitative estimate of drug-likeness (QED) is 0.462. The molecule has 0 bridgehead atoms. The number of aromatic nitrogens is 1.